The number of fused-ring (bicyclic) bond motifs is 3. The van der Waals surface area contributed by atoms with Crippen molar-refractivity contribution in [3.8, 4) is 0 Å². The maximum atomic E-state index is 13.6. The van der Waals surface area contributed by atoms with Crippen LogP contribution in [0.5, 0.6) is 0 Å². The minimum Gasteiger partial charge on any atom is -0.349 e. The van der Waals surface area contributed by atoms with E-state index in [9.17, 15) is 18.4 Å². The van der Waals surface area contributed by atoms with Gasteiger partial charge in [0.25, 0.3) is 0 Å². The third kappa shape index (κ3) is 5.25. The number of hydrogen-bond acceptors (Lipinski definition) is 4. The minimum absolute atomic E-state index is 0.0399. The van der Waals surface area contributed by atoms with Crippen LogP contribution in [0.3, 0.4) is 0 Å². The van der Waals surface area contributed by atoms with E-state index >= 15 is 0 Å². The summed E-state index contributed by atoms with van der Waals surface area (Å²) in [6.07, 6.45) is 5.22. The number of H-pyrrole nitrogens is 1. The van der Waals surface area contributed by atoms with Gasteiger partial charge in [0.1, 0.15) is 17.3 Å². The molecule has 2 aromatic carbocycles. The number of carbonyl (C=O) groups excluding carboxylic acids is 2. The first-order chi connectivity index (χ1) is 15.8. The maximum Gasteiger partial charge on any atom is 0.179 e. The van der Waals surface area contributed by atoms with E-state index in [-0.39, 0.29) is 17.3 Å². The molecule has 0 radical (unpaired) electrons. The third-order valence-corrected chi connectivity index (χ3v) is 6.13. The van der Waals surface area contributed by atoms with Gasteiger partial charge >= 0.3 is 0 Å². The normalized spacial score (nSPS) is 17.0. The zero-order chi connectivity index (χ0) is 23.5. The number of hydrogen-bond donors (Lipinski definition) is 2. The maximum absolute atomic E-state index is 13.6. The first kappa shape index (κ1) is 23.4. The molecule has 2 aliphatic rings. The summed E-state index contributed by atoms with van der Waals surface area (Å²) in [7, 11) is 0. The summed E-state index contributed by atoms with van der Waals surface area (Å²) >= 11 is 11.5. The lowest BCUT2D eigenvalue weighted by Crippen LogP contribution is -2.19. The summed E-state index contributed by atoms with van der Waals surface area (Å²) in [5, 5.41) is 5.40. The largest absolute Gasteiger partial charge is 0.349 e. The predicted molar refractivity (Wildman–Crippen MR) is 126 cm³/mol. The molecule has 9 heteroatoms. The molecule has 0 spiro atoms. The van der Waals surface area contributed by atoms with Crippen LogP contribution in [0.15, 0.2) is 35.4 Å². The van der Waals surface area contributed by atoms with Crippen molar-refractivity contribution in [2.45, 2.75) is 44.9 Å². The Balaban J connectivity index is 0.000000157. The summed E-state index contributed by atoms with van der Waals surface area (Å²) in [6, 6.07) is 7.24. The molecule has 2 N–H and O–H groups in total. The van der Waals surface area contributed by atoms with E-state index in [1.165, 1.54) is 18.2 Å². The highest BCUT2D eigenvalue weighted by Crippen LogP contribution is 2.32. The lowest BCUT2D eigenvalue weighted by Gasteiger charge is -2.11. The number of carbonyl (C=O) groups is 2. The van der Waals surface area contributed by atoms with Gasteiger partial charge in [0.15, 0.2) is 11.6 Å². The minimum atomic E-state index is -0.481. The van der Waals surface area contributed by atoms with E-state index in [4.69, 9.17) is 23.2 Å². The lowest BCUT2D eigenvalue weighted by atomic mass is 9.95. The molecule has 0 saturated heterocycles. The van der Waals surface area contributed by atoms with Crippen molar-refractivity contribution in [2.24, 2.45) is 5.10 Å². The van der Waals surface area contributed by atoms with Crippen LogP contribution < -0.4 is 5.43 Å². The van der Waals surface area contributed by atoms with Crippen molar-refractivity contribution >= 4 is 57.1 Å². The topological polar surface area (TPSA) is 74.3 Å². The predicted octanol–water partition coefficient (Wildman–Crippen LogP) is 6.87. The standard InChI is InChI=1S/C12H12ClFN2O.C12H9ClFNO/c13-8-5-6-10(9(14)7-8)15-16-11-3-1-2-4-12(11)17;13-6-4-8-7-2-1-3-10(16)12(7)15-11(8)9(14)5-6/h5-7,15H,1-4H2;4-5,15H,1-3H2/b16-11+;. The second-order valence-electron chi connectivity index (χ2n) is 7.99. The number of aromatic amines is 1. The monoisotopic (exact) mass is 491 g/mol. The van der Waals surface area contributed by atoms with Gasteiger partial charge in [-0.1, -0.05) is 23.2 Å². The Hall–Kier alpha value is -2.77. The van der Waals surface area contributed by atoms with E-state index < -0.39 is 11.6 Å². The Morgan fingerprint density at radius 3 is 2.33 bits per heavy atom. The van der Waals surface area contributed by atoms with Crippen molar-refractivity contribution < 1.29 is 18.4 Å². The summed E-state index contributed by atoms with van der Waals surface area (Å²) in [4.78, 5) is 26.0. The molecular formula is C24H21Cl2F2N3O2. The first-order valence-electron chi connectivity index (χ1n) is 10.7. The molecule has 1 heterocycles. The first-order valence-corrected chi connectivity index (χ1v) is 11.4. The molecule has 1 fully saturated rings. The SMILES string of the molecule is O=C1CCCC/C1=N\Nc1ccc(Cl)cc1F.O=C1CCCc2c1[nH]c1c(F)cc(Cl)cc21. The fraction of sp³-hybridized carbons (Fsp3) is 0.292. The van der Waals surface area contributed by atoms with Crippen LogP contribution in [0.1, 0.15) is 54.6 Å². The number of aryl methyl sites for hydroxylation is 1. The van der Waals surface area contributed by atoms with Crippen LogP contribution in [0.25, 0.3) is 10.9 Å². The highest BCUT2D eigenvalue weighted by molar-refractivity contribution is 6.40. The second-order valence-corrected chi connectivity index (χ2v) is 8.86. The molecule has 2 aliphatic carbocycles. The van der Waals surface area contributed by atoms with Crippen molar-refractivity contribution in [1.29, 1.82) is 0 Å². The van der Waals surface area contributed by atoms with Crippen LogP contribution in [-0.4, -0.2) is 22.3 Å². The quantitative estimate of drug-likeness (QED) is 0.384. The van der Waals surface area contributed by atoms with Gasteiger partial charge in [-0.25, -0.2) is 8.78 Å². The van der Waals surface area contributed by atoms with Crippen molar-refractivity contribution in [3.63, 3.8) is 0 Å². The molecule has 172 valence electrons. The molecular weight excluding hydrogens is 471 g/mol. The smallest absolute Gasteiger partial charge is 0.179 e. The number of benzene rings is 2. The Bertz CT molecular complexity index is 1270. The van der Waals surface area contributed by atoms with Crippen LogP contribution in [0, 0.1) is 11.6 Å². The van der Waals surface area contributed by atoms with Gasteiger partial charge in [0, 0.05) is 28.3 Å². The van der Waals surface area contributed by atoms with Crippen LogP contribution in [0.2, 0.25) is 10.0 Å². The number of halogens is 4. The summed E-state index contributed by atoms with van der Waals surface area (Å²) in [6.45, 7) is 0. The zero-order valence-corrected chi connectivity index (χ0v) is 19.1. The number of Topliss-reactive ketones (excluding diaryl/α,β-unsaturated/α-hetero) is 2. The van der Waals surface area contributed by atoms with Gasteiger partial charge in [-0.3, -0.25) is 15.0 Å². The molecule has 0 aliphatic heterocycles. The number of aromatic nitrogens is 1. The van der Waals surface area contributed by atoms with E-state index in [2.05, 4.69) is 15.5 Å². The summed E-state index contributed by atoms with van der Waals surface area (Å²) < 4.78 is 27.0. The average Bonchev–Trinajstić information content (AvgIpc) is 3.15. The number of ketones is 2. The molecule has 1 saturated carbocycles. The Labute approximate surface area is 199 Å². The average molecular weight is 492 g/mol. The fourth-order valence-corrected chi connectivity index (χ4v) is 4.37. The molecule has 0 atom stereocenters. The molecule has 0 amide bonds. The molecule has 33 heavy (non-hydrogen) atoms. The van der Waals surface area contributed by atoms with Gasteiger partial charge in [0.2, 0.25) is 0 Å². The summed E-state index contributed by atoms with van der Waals surface area (Å²) in [5.41, 5.74) is 5.15. The molecule has 3 aromatic rings. The molecule has 0 bridgehead atoms. The number of nitrogens with one attached hydrogen (secondary N) is 2. The van der Waals surface area contributed by atoms with E-state index in [1.807, 2.05) is 0 Å². The molecule has 0 unspecified atom stereocenters. The van der Waals surface area contributed by atoms with E-state index in [1.54, 1.807) is 12.1 Å². The highest BCUT2D eigenvalue weighted by atomic mass is 35.5. The number of hydrazone groups is 1. The van der Waals surface area contributed by atoms with Crippen LogP contribution in [0.4, 0.5) is 14.5 Å². The van der Waals surface area contributed by atoms with E-state index in [0.29, 0.717) is 46.2 Å². The third-order valence-electron chi connectivity index (χ3n) is 5.67. The Kier molecular flexibility index (Phi) is 7.10. The number of anilines is 1. The Morgan fingerprint density at radius 2 is 1.58 bits per heavy atom. The lowest BCUT2D eigenvalue weighted by molar-refractivity contribution is -0.113. The van der Waals surface area contributed by atoms with Crippen molar-refractivity contribution in [3.05, 3.63) is 63.3 Å². The van der Waals surface area contributed by atoms with Gasteiger partial charge in [0.05, 0.1) is 16.9 Å². The Morgan fingerprint density at radius 1 is 0.848 bits per heavy atom. The van der Waals surface area contributed by atoms with Crippen molar-refractivity contribution in [1.82, 2.24) is 4.98 Å². The van der Waals surface area contributed by atoms with Crippen LogP contribution >= 0.6 is 23.2 Å². The van der Waals surface area contributed by atoms with Crippen molar-refractivity contribution in [2.75, 3.05) is 5.43 Å². The van der Waals surface area contributed by atoms with Gasteiger partial charge in [-0.15, -0.1) is 0 Å². The molecule has 1 aromatic heterocycles. The van der Waals surface area contributed by atoms with Gasteiger partial charge in [-0.2, -0.15) is 5.10 Å². The highest BCUT2D eigenvalue weighted by Gasteiger charge is 2.23. The van der Waals surface area contributed by atoms with Crippen LogP contribution in [-0.2, 0) is 11.2 Å². The second kappa shape index (κ2) is 10.0. The van der Waals surface area contributed by atoms with E-state index in [0.717, 1.165) is 36.6 Å². The molecule has 5 nitrogen and oxygen atoms in total. The zero-order valence-electron chi connectivity index (χ0n) is 17.6. The summed E-state index contributed by atoms with van der Waals surface area (Å²) in [5.74, 6) is -0.777. The molecule has 5 rings (SSSR count). The number of nitrogens with zero attached hydrogens (tertiary/aromatic N) is 1. The fourth-order valence-electron chi connectivity index (χ4n) is 4.01. The number of rotatable bonds is 2. The van der Waals surface area contributed by atoms with Gasteiger partial charge < -0.3 is 4.98 Å². The van der Waals surface area contributed by atoms with Gasteiger partial charge in [-0.05, 0) is 68.0 Å².